The summed E-state index contributed by atoms with van der Waals surface area (Å²) in [5, 5.41) is 2.35. The zero-order valence-electron chi connectivity index (χ0n) is 8.42. The highest BCUT2D eigenvalue weighted by Crippen LogP contribution is 2.24. The van der Waals surface area contributed by atoms with E-state index in [2.05, 4.69) is 18.3 Å². The van der Waals surface area contributed by atoms with Crippen LogP contribution in [0.15, 0.2) is 24.3 Å². The lowest BCUT2D eigenvalue weighted by atomic mass is 9.86. The molecule has 0 saturated carbocycles. The van der Waals surface area contributed by atoms with E-state index in [4.69, 9.17) is 11.6 Å². The van der Waals surface area contributed by atoms with E-state index in [0.717, 1.165) is 25.7 Å². The van der Waals surface area contributed by atoms with Gasteiger partial charge in [-0.1, -0.05) is 44.1 Å². The predicted octanol–water partition coefficient (Wildman–Crippen LogP) is 3.38. The maximum absolute atomic E-state index is 10.9. The van der Waals surface area contributed by atoms with E-state index in [1.165, 1.54) is 0 Å². The number of hydrogen-bond acceptors (Lipinski definition) is 1. The van der Waals surface area contributed by atoms with Crippen molar-refractivity contribution in [3.63, 3.8) is 0 Å². The highest BCUT2D eigenvalue weighted by molar-refractivity contribution is 6.63. The van der Waals surface area contributed by atoms with E-state index in [0.29, 0.717) is 0 Å². The van der Waals surface area contributed by atoms with Crippen molar-refractivity contribution in [2.24, 2.45) is 0 Å². The molecule has 0 aliphatic heterocycles. The Labute approximate surface area is 90.0 Å². The van der Waals surface area contributed by atoms with Gasteiger partial charge in [-0.2, -0.15) is 0 Å². The van der Waals surface area contributed by atoms with Gasteiger partial charge in [0, 0.05) is 0 Å². The Kier molecular flexibility index (Phi) is 4.21. The van der Waals surface area contributed by atoms with Gasteiger partial charge in [0.1, 0.15) is 0 Å². The van der Waals surface area contributed by atoms with Crippen molar-refractivity contribution in [3.8, 4) is 0 Å². The Balaban J connectivity index is 2.63. The van der Waals surface area contributed by atoms with Crippen LogP contribution in [0, 0.1) is 0 Å². The third-order valence-corrected chi connectivity index (χ3v) is 2.56. The van der Waals surface area contributed by atoms with Crippen LogP contribution < -0.4 is 5.32 Å². The van der Waals surface area contributed by atoms with Crippen molar-refractivity contribution in [3.05, 3.63) is 24.3 Å². The second-order valence-electron chi connectivity index (χ2n) is 3.65. The second kappa shape index (κ2) is 5.20. The van der Waals surface area contributed by atoms with Crippen LogP contribution in [0.4, 0.5) is 4.79 Å². The average Bonchev–Trinajstić information content (AvgIpc) is 2.15. The van der Waals surface area contributed by atoms with Crippen molar-refractivity contribution in [2.75, 3.05) is 0 Å². The fraction of sp³-hybridized carbons (Fsp3) is 0.545. The molecule has 1 amide bonds. The van der Waals surface area contributed by atoms with Crippen LogP contribution in [0.1, 0.15) is 32.6 Å². The van der Waals surface area contributed by atoms with Crippen LogP contribution in [0.5, 0.6) is 0 Å². The molecule has 0 aromatic carbocycles. The van der Waals surface area contributed by atoms with Crippen LogP contribution in [0.2, 0.25) is 0 Å². The number of amides is 1. The van der Waals surface area contributed by atoms with Gasteiger partial charge in [-0.15, -0.1) is 0 Å². The minimum absolute atomic E-state index is 0.246. The lowest BCUT2D eigenvalue weighted by Crippen LogP contribution is -2.45. The summed E-state index contributed by atoms with van der Waals surface area (Å²) in [5.74, 6) is 0. The highest BCUT2D eigenvalue weighted by atomic mass is 35.5. The van der Waals surface area contributed by atoms with Crippen LogP contribution in [0.25, 0.3) is 0 Å². The first kappa shape index (κ1) is 11.3. The molecular weight excluding hydrogens is 198 g/mol. The zero-order chi connectivity index (χ0) is 10.4. The van der Waals surface area contributed by atoms with E-state index in [9.17, 15) is 4.79 Å². The number of allylic oxidation sites excluding steroid dienone is 2. The summed E-state index contributed by atoms with van der Waals surface area (Å²) >= 11 is 5.37. The molecule has 0 fully saturated rings. The quantitative estimate of drug-likeness (QED) is 0.563. The third kappa shape index (κ3) is 3.18. The maximum atomic E-state index is 10.9. The van der Waals surface area contributed by atoms with E-state index in [-0.39, 0.29) is 5.54 Å². The third-order valence-electron chi connectivity index (χ3n) is 2.47. The SMILES string of the molecule is CCCCC1(NC(=O)Cl)C=CC=CC1. The molecule has 0 radical (unpaired) electrons. The second-order valence-corrected chi connectivity index (χ2v) is 3.99. The molecule has 1 aliphatic rings. The molecule has 1 unspecified atom stereocenters. The largest absolute Gasteiger partial charge is 0.333 e. The van der Waals surface area contributed by atoms with E-state index >= 15 is 0 Å². The molecule has 14 heavy (non-hydrogen) atoms. The molecular formula is C11H16ClNO. The lowest BCUT2D eigenvalue weighted by molar-refractivity contribution is 0.248. The van der Waals surface area contributed by atoms with Gasteiger partial charge >= 0.3 is 5.37 Å². The highest BCUT2D eigenvalue weighted by Gasteiger charge is 2.27. The first-order valence-electron chi connectivity index (χ1n) is 5.00. The molecule has 0 heterocycles. The van der Waals surface area contributed by atoms with Crippen LogP contribution >= 0.6 is 11.6 Å². The summed E-state index contributed by atoms with van der Waals surface area (Å²) in [4.78, 5) is 10.9. The van der Waals surface area contributed by atoms with E-state index in [1.54, 1.807) is 0 Å². The molecule has 0 aromatic heterocycles. The molecule has 1 aliphatic carbocycles. The topological polar surface area (TPSA) is 29.1 Å². The Morgan fingerprint density at radius 1 is 1.57 bits per heavy atom. The molecule has 1 rings (SSSR count). The van der Waals surface area contributed by atoms with Crippen molar-refractivity contribution in [1.82, 2.24) is 5.32 Å². The van der Waals surface area contributed by atoms with Crippen molar-refractivity contribution in [2.45, 2.75) is 38.1 Å². The average molecular weight is 214 g/mol. The maximum Gasteiger partial charge on any atom is 0.314 e. The molecule has 0 spiro atoms. The Hall–Kier alpha value is -0.760. The number of halogens is 1. The van der Waals surface area contributed by atoms with Gasteiger partial charge in [-0.05, 0) is 24.4 Å². The van der Waals surface area contributed by atoms with Crippen LogP contribution in [-0.4, -0.2) is 10.9 Å². The summed E-state index contributed by atoms with van der Waals surface area (Å²) in [6.07, 6.45) is 12.0. The van der Waals surface area contributed by atoms with Crippen molar-refractivity contribution in [1.29, 1.82) is 0 Å². The van der Waals surface area contributed by atoms with Gasteiger partial charge < -0.3 is 5.32 Å². The smallest absolute Gasteiger partial charge is 0.314 e. The number of carbonyl (C=O) groups excluding carboxylic acids is 1. The van der Waals surface area contributed by atoms with Gasteiger partial charge in [-0.25, -0.2) is 0 Å². The van der Waals surface area contributed by atoms with Gasteiger partial charge in [0.25, 0.3) is 0 Å². The molecule has 1 N–H and O–H groups in total. The first-order valence-corrected chi connectivity index (χ1v) is 5.38. The summed E-state index contributed by atoms with van der Waals surface area (Å²) in [5.41, 5.74) is -0.246. The molecule has 2 nitrogen and oxygen atoms in total. The summed E-state index contributed by atoms with van der Waals surface area (Å²) in [6.45, 7) is 2.14. The number of nitrogens with one attached hydrogen (secondary N) is 1. The molecule has 78 valence electrons. The van der Waals surface area contributed by atoms with Crippen molar-refractivity contribution >= 4 is 17.0 Å². The van der Waals surface area contributed by atoms with E-state index in [1.807, 2.05) is 18.2 Å². The number of carbonyl (C=O) groups is 1. The normalized spacial score (nSPS) is 25.0. The summed E-state index contributed by atoms with van der Waals surface area (Å²) < 4.78 is 0. The number of unbranched alkanes of at least 4 members (excludes halogenated alkanes) is 1. The predicted molar refractivity (Wildman–Crippen MR) is 59.5 cm³/mol. The minimum atomic E-state index is -0.471. The standard InChI is InChI=1S/C11H16ClNO/c1-2-3-7-11(13-10(12)14)8-5-4-6-9-11/h4-6,8H,2-3,7,9H2,1H3,(H,13,14). The monoisotopic (exact) mass is 213 g/mol. The Bertz CT molecular complexity index is 260. The summed E-state index contributed by atoms with van der Waals surface area (Å²) in [7, 11) is 0. The molecule has 1 atom stereocenters. The van der Waals surface area contributed by atoms with Gasteiger partial charge in [0.15, 0.2) is 0 Å². The first-order chi connectivity index (χ1) is 6.68. The molecule has 0 aromatic rings. The molecule has 0 bridgehead atoms. The number of rotatable bonds is 4. The lowest BCUT2D eigenvalue weighted by Gasteiger charge is -2.31. The van der Waals surface area contributed by atoms with Crippen LogP contribution in [0.3, 0.4) is 0 Å². The van der Waals surface area contributed by atoms with Gasteiger partial charge in [0.2, 0.25) is 0 Å². The van der Waals surface area contributed by atoms with Gasteiger partial charge in [0.05, 0.1) is 5.54 Å². The Morgan fingerprint density at radius 3 is 2.86 bits per heavy atom. The Morgan fingerprint density at radius 2 is 2.36 bits per heavy atom. The minimum Gasteiger partial charge on any atom is -0.333 e. The van der Waals surface area contributed by atoms with Crippen molar-refractivity contribution < 1.29 is 4.79 Å². The summed E-state index contributed by atoms with van der Waals surface area (Å²) in [6, 6.07) is 0. The fourth-order valence-corrected chi connectivity index (χ4v) is 1.88. The molecule has 3 heteroatoms. The number of hydrogen-bond donors (Lipinski definition) is 1. The fourth-order valence-electron chi connectivity index (χ4n) is 1.69. The van der Waals surface area contributed by atoms with E-state index < -0.39 is 5.37 Å². The molecule has 0 saturated heterocycles. The van der Waals surface area contributed by atoms with Gasteiger partial charge in [-0.3, -0.25) is 4.79 Å². The van der Waals surface area contributed by atoms with Crippen LogP contribution in [-0.2, 0) is 0 Å². The zero-order valence-corrected chi connectivity index (χ0v) is 9.18.